The van der Waals surface area contributed by atoms with Crippen LogP contribution in [0.1, 0.15) is 19.5 Å². The van der Waals surface area contributed by atoms with E-state index in [1.165, 1.54) is 0 Å². The molecule has 0 spiro atoms. The van der Waals surface area contributed by atoms with Crippen LogP contribution in [0.4, 0.5) is 5.69 Å². The molecule has 2 aromatic rings. The van der Waals surface area contributed by atoms with Crippen LogP contribution >= 0.6 is 0 Å². The van der Waals surface area contributed by atoms with Crippen LogP contribution in [0.15, 0.2) is 60.2 Å². The Kier molecular flexibility index (Phi) is 5.09. The molecule has 0 aliphatic carbocycles. The average molecular weight is 297 g/mol. The first-order valence-electron chi connectivity index (χ1n) is 6.90. The number of carbonyl (C=O) groups is 2. The van der Waals surface area contributed by atoms with Crippen LogP contribution in [-0.4, -0.2) is 17.0 Å². The van der Waals surface area contributed by atoms with Crippen molar-refractivity contribution in [3.63, 3.8) is 0 Å². The van der Waals surface area contributed by atoms with E-state index in [2.05, 4.69) is 5.32 Å². The largest absolute Gasteiger partial charge is 0.481 e. The van der Waals surface area contributed by atoms with E-state index >= 15 is 0 Å². The van der Waals surface area contributed by atoms with Crippen LogP contribution in [0.3, 0.4) is 0 Å². The van der Waals surface area contributed by atoms with E-state index in [4.69, 9.17) is 5.11 Å². The molecule has 0 aliphatic rings. The highest BCUT2D eigenvalue weighted by molar-refractivity contribution is 6.06. The van der Waals surface area contributed by atoms with Gasteiger partial charge < -0.3 is 10.4 Å². The van der Waals surface area contributed by atoms with Crippen LogP contribution in [0.5, 0.6) is 0 Å². The van der Waals surface area contributed by atoms with Gasteiger partial charge in [-0.15, -0.1) is 0 Å². The van der Waals surface area contributed by atoms with Gasteiger partial charge in [0.05, 0.1) is 6.42 Å². The number of hydrogen-bond donors (Lipinski definition) is 2. The Morgan fingerprint density at radius 3 is 2.32 bits per heavy atom. The van der Waals surface area contributed by atoms with Crippen molar-refractivity contribution in [3.8, 4) is 0 Å². The Labute approximate surface area is 130 Å². The molecule has 2 N–H and O–H groups in total. The molecule has 0 fully saturated rings. The highest BCUT2D eigenvalue weighted by Crippen LogP contribution is 2.13. The third-order valence-electron chi connectivity index (χ3n) is 3.11. The number of rotatable bonds is 5. The zero-order valence-electron chi connectivity index (χ0n) is 12.2. The zero-order chi connectivity index (χ0) is 15.9. The van der Waals surface area contributed by atoms with Gasteiger partial charge in [0, 0.05) is 12.7 Å². The summed E-state index contributed by atoms with van der Waals surface area (Å²) in [5, 5.41) is 11.5. The lowest BCUT2D eigenvalue weighted by Crippen LogP contribution is -2.12. The van der Waals surface area contributed by atoms with E-state index in [9.17, 15) is 9.59 Å². The molecule has 0 saturated carbocycles. The second kappa shape index (κ2) is 7.22. The quantitative estimate of drug-likeness (QED) is 0.829. The molecule has 2 rings (SSSR count). The molecule has 0 heterocycles. The van der Waals surface area contributed by atoms with Crippen LogP contribution < -0.4 is 5.32 Å². The van der Waals surface area contributed by atoms with Gasteiger partial charge in [-0.3, -0.25) is 9.59 Å². The molecule has 0 unspecified atom stereocenters. The van der Waals surface area contributed by atoms with Gasteiger partial charge >= 0.3 is 5.97 Å². The van der Waals surface area contributed by atoms with Crippen molar-refractivity contribution >= 4 is 23.6 Å². The van der Waals surface area contributed by atoms with Crippen LogP contribution in [0.25, 0.3) is 6.08 Å². The summed E-state index contributed by atoms with van der Waals surface area (Å²) in [7, 11) is 0. The minimum Gasteiger partial charge on any atom is -0.481 e. The number of nitrogens with one attached hydrogen (secondary N) is 1. The molecule has 0 saturated heterocycles. The average Bonchev–Trinajstić information content (AvgIpc) is 2.49. The Hall–Kier alpha value is -2.88. The normalized spacial score (nSPS) is 11.0. The first kappa shape index (κ1) is 15.5. The number of carbonyl (C=O) groups excluding carboxylic acids is 1. The molecule has 4 heteroatoms. The summed E-state index contributed by atoms with van der Waals surface area (Å²) in [5.74, 6) is -1.06. The van der Waals surface area contributed by atoms with E-state index in [0.29, 0.717) is 16.8 Å². The summed E-state index contributed by atoms with van der Waals surface area (Å²) in [6, 6.07) is 16.4. The fourth-order valence-corrected chi connectivity index (χ4v) is 1.98. The first-order chi connectivity index (χ1) is 10.5. The van der Waals surface area contributed by atoms with Crippen molar-refractivity contribution in [1.29, 1.82) is 0 Å². The lowest BCUT2D eigenvalue weighted by molar-refractivity contribution is -0.136. The maximum absolute atomic E-state index is 12.1. The van der Waals surface area contributed by atoms with Crippen molar-refractivity contribution in [2.45, 2.75) is 13.3 Å². The summed E-state index contributed by atoms with van der Waals surface area (Å²) in [6.45, 7) is 1.75. The van der Waals surface area contributed by atoms with E-state index in [1.807, 2.05) is 36.4 Å². The third-order valence-corrected chi connectivity index (χ3v) is 3.11. The second-order valence-electron chi connectivity index (χ2n) is 4.96. The maximum Gasteiger partial charge on any atom is 0.307 e. The smallest absolute Gasteiger partial charge is 0.307 e. The molecule has 0 atom stereocenters. The van der Waals surface area contributed by atoms with Gasteiger partial charge in [-0.2, -0.15) is 0 Å². The molecular formula is C18H19NO3. The lowest BCUT2D eigenvalue weighted by atomic mass is 10.1. The molecular weight excluding hydrogens is 278 g/mol. The highest BCUT2D eigenvalue weighted by atomic mass is 16.4. The second-order valence-corrected chi connectivity index (χ2v) is 4.96. The highest BCUT2D eigenvalue weighted by Gasteiger charge is 2.06. The minimum atomic E-state index is -0.876. The number of hydrogen-bond acceptors (Lipinski definition) is 2. The summed E-state index contributed by atoms with van der Waals surface area (Å²) in [5.41, 5.74) is 2.90. The Balaban J connectivity index is 0.00000264. The topological polar surface area (TPSA) is 66.4 Å². The Bertz CT molecular complexity index is 694. The SMILES string of the molecule is C/C(=C\c1ccccc1)C(=O)Nc1ccc(CC(=O)O)cc1.[HH]. The van der Waals surface area contributed by atoms with Gasteiger partial charge in [-0.1, -0.05) is 42.5 Å². The van der Waals surface area contributed by atoms with Crippen LogP contribution in [0, 0.1) is 0 Å². The van der Waals surface area contributed by atoms with E-state index in [1.54, 1.807) is 31.2 Å². The molecule has 4 nitrogen and oxygen atoms in total. The summed E-state index contributed by atoms with van der Waals surface area (Å²) in [4.78, 5) is 22.7. The fourth-order valence-electron chi connectivity index (χ4n) is 1.98. The van der Waals surface area contributed by atoms with Gasteiger partial charge in [-0.25, -0.2) is 0 Å². The Morgan fingerprint density at radius 1 is 1.09 bits per heavy atom. The van der Waals surface area contributed by atoms with Crippen molar-refractivity contribution in [2.24, 2.45) is 0 Å². The van der Waals surface area contributed by atoms with E-state index in [-0.39, 0.29) is 13.8 Å². The molecule has 22 heavy (non-hydrogen) atoms. The third kappa shape index (κ3) is 4.59. The van der Waals surface area contributed by atoms with Gasteiger partial charge in [0.25, 0.3) is 5.91 Å². The minimum absolute atomic E-state index is 0. The lowest BCUT2D eigenvalue weighted by Gasteiger charge is -2.06. The zero-order valence-corrected chi connectivity index (χ0v) is 12.2. The number of amides is 1. The molecule has 0 radical (unpaired) electrons. The number of anilines is 1. The Morgan fingerprint density at radius 2 is 1.73 bits per heavy atom. The summed E-state index contributed by atoms with van der Waals surface area (Å²) < 4.78 is 0. The van der Waals surface area contributed by atoms with Gasteiger partial charge in [0.2, 0.25) is 0 Å². The number of aliphatic carboxylic acids is 1. The molecule has 0 aliphatic heterocycles. The van der Waals surface area contributed by atoms with Crippen molar-refractivity contribution in [3.05, 3.63) is 71.3 Å². The molecule has 0 aromatic heterocycles. The van der Waals surface area contributed by atoms with Gasteiger partial charge in [0.15, 0.2) is 0 Å². The molecule has 0 bridgehead atoms. The van der Waals surface area contributed by atoms with Crippen LogP contribution in [-0.2, 0) is 16.0 Å². The predicted molar refractivity (Wildman–Crippen MR) is 88.6 cm³/mol. The van der Waals surface area contributed by atoms with Gasteiger partial charge in [-0.05, 0) is 36.3 Å². The maximum atomic E-state index is 12.1. The summed E-state index contributed by atoms with van der Waals surface area (Å²) >= 11 is 0. The number of carboxylic acid groups (broad SMARTS) is 1. The predicted octanol–water partition coefficient (Wildman–Crippen LogP) is 3.60. The van der Waals surface area contributed by atoms with E-state index in [0.717, 1.165) is 5.56 Å². The van der Waals surface area contributed by atoms with Crippen LogP contribution in [0.2, 0.25) is 0 Å². The van der Waals surface area contributed by atoms with Gasteiger partial charge in [0.1, 0.15) is 0 Å². The number of benzene rings is 2. The molecule has 2 aromatic carbocycles. The summed E-state index contributed by atoms with van der Waals surface area (Å²) in [6.07, 6.45) is 1.79. The van der Waals surface area contributed by atoms with Crippen molar-refractivity contribution in [1.82, 2.24) is 0 Å². The fraction of sp³-hybridized carbons (Fsp3) is 0.111. The van der Waals surface area contributed by atoms with Crippen molar-refractivity contribution in [2.75, 3.05) is 5.32 Å². The monoisotopic (exact) mass is 297 g/mol. The molecule has 114 valence electrons. The van der Waals surface area contributed by atoms with Crippen molar-refractivity contribution < 1.29 is 16.1 Å². The van der Waals surface area contributed by atoms with E-state index < -0.39 is 5.97 Å². The standard InChI is InChI=1S/C18H17NO3.H2/c1-13(11-14-5-3-2-4-6-14)18(22)19-16-9-7-15(8-10-16)12-17(20)21;/h2-11H,12H2,1H3,(H,19,22)(H,20,21);1H/b13-11+;. The number of carboxylic acids is 1. The molecule has 1 amide bonds. The first-order valence-corrected chi connectivity index (χ1v) is 6.90.